The van der Waals surface area contributed by atoms with Gasteiger partial charge in [-0.3, -0.25) is 0 Å². The number of rotatable bonds is 8. The van der Waals surface area contributed by atoms with Crippen molar-refractivity contribution >= 4 is 6.03 Å². The second-order valence-corrected chi connectivity index (χ2v) is 4.43. The van der Waals surface area contributed by atoms with Crippen LogP contribution in [0.4, 0.5) is 9.18 Å². The molecule has 5 heteroatoms. The highest BCUT2D eigenvalue weighted by Crippen LogP contribution is 2.07. The Morgan fingerprint density at radius 3 is 2.85 bits per heavy atom. The Morgan fingerprint density at radius 1 is 1.40 bits per heavy atom. The molecule has 0 aliphatic rings. The van der Waals surface area contributed by atoms with Gasteiger partial charge in [0.15, 0.2) is 0 Å². The van der Waals surface area contributed by atoms with Gasteiger partial charge < -0.3 is 15.0 Å². The molecule has 0 heterocycles. The van der Waals surface area contributed by atoms with Crippen molar-refractivity contribution in [3.8, 4) is 0 Å². The van der Waals surface area contributed by atoms with E-state index in [1.54, 1.807) is 11.0 Å². The van der Waals surface area contributed by atoms with Crippen molar-refractivity contribution in [2.24, 2.45) is 0 Å². The van der Waals surface area contributed by atoms with E-state index in [0.29, 0.717) is 32.8 Å². The van der Waals surface area contributed by atoms with Crippen molar-refractivity contribution in [3.63, 3.8) is 0 Å². The molecule has 0 radical (unpaired) electrons. The van der Waals surface area contributed by atoms with Gasteiger partial charge in [-0.15, -0.1) is 0 Å². The van der Waals surface area contributed by atoms with Gasteiger partial charge in [0.1, 0.15) is 5.82 Å². The number of carbonyl (C=O) groups excluding carboxylic acids is 1. The first-order valence-corrected chi connectivity index (χ1v) is 7.02. The molecule has 112 valence electrons. The second kappa shape index (κ2) is 9.31. The summed E-state index contributed by atoms with van der Waals surface area (Å²) in [5.74, 6) is -0.282. The van der Waals surface area contributed by atoms with E-state index in [1.807, 2.05) is 19.9 Å². The van der Waals surface area contributed by atoms with Crippen molar-refractivity contribution < 1.29 is 13.9 Å². The second-order valence-electron chi connectivity index (χ2n) is 4.43. The number of nitrogens with zero attached hydrogens (tertiary/aromatic N) is 1. The molecule has 0 saturated heterocycles. The average Bonchev–Trinajstić information content (AvgIpc) is 2.44. The van der Waals surface area contributed by atoms with Gasteiger partial charge >= 0.3 is 6.03 Å². The molecule has 0 aliphatic carbocycles. The van der Waals surface area contributed by atoms with Crippen LogP contribution in [0, 0.1) is 5.82 Å². The van der Waals surface area contributed by atoms with Crippen LogP contribution < -0.4 is 5.32 Å². The largest absolute Gasteiger partial charge is 0.382 e. The van der Waals surface area contributed by atoms with Crippen molar-refractivity contribution in [2.45, 2.75) is 26.8 Å². The Morgan fingerprint density at radius 2 is 2.20 bits per heavy atom. The summed E-state index contributed by atoms with van der Waals surface area (Å²) in [6, 6.07) is 6.18. The van der Waals surface area contributed by atoms with E-state index in [0.717, 1.165) is 12.0 Å². The number of hydrogen-bond donors (Lipinski definition) is 1. The van der Waals surface area contributed by atoms with Crippen molar-refractivity contribution in [2.75, 3.05) is 26.3 Å². The van der Waals surface area contributed by atoms with Crippen LogP contribution in [0.1, 0.15) is 25.8 Å². The van der Waals surface area contributed by atoms with E-state index in [9.17, 15) is 9.18 Å². The van der Waals surface area contributed by atoms with Gasteiger partial charge in [0.05, 0.1) is 0 Å². The summed E-state index contributed by atoms with van der Waals surface area (Å²) in [4.78, 5) is 13.6. The number of hydrogen-bond acceptors (Lipinski definition) is 2. The lowest BCUT2D eigenvalue weighted by molar-refractivity contribution is 0.144. The molecule has 2 amide bonds. The van der Waals surface area contributed by atoms with Crippen LogP contribution in [0.15, 0.2) is 24.3 Å². The molecule has 0 atom stereocenters. The lowest BCUT2D eigenvalue weighted by atomic mass is 10.2. The average molecular weight is 282 g/mol. The minimum Gasteiger partial charge on any atom is -0.382 e. The molecule has 0 aliphatic heterocycles. The predicted molar refractivity (Wildman–Crippen MR) is 77.0 cm³/mol. The highest BCUT2D eigenvalue weighted by atomic mass is 19.1. The van der Waals surface area contributed by atoms with E-state index < -0.39 is 0 Å². The summed E-state index contributed by atoms with van der Waals surface area (Å²) in [6.45, 7) is 6.74. The van der Waals surface area contributed by atoms with Crippen molar-refractivity contribution in [3.05, 3.63) is 35.6 Å². The molecular formula is C15H23FN2O2. The van der Waals surface area contributed by atoms with Gasteiger partial charge in [-0.1, -0.05) is 12.1 Å². The maximum Gasteiger partial charge on any atom is 0.317 e. The van der Waals surface area contributed by atoms with Gasteiger partial charge in [0.25, 0.3) is 0 Å². The fourth-order valence-corrected chi connectivity index (χ4v) is 1.81. The monoisotopic (exact) mass is 282 g/mol. The first-order chi connectivity index (χ1) is 9.67. The number of halogens is 1. The van der Waals surface area contributed by atoms with E-state index in [2.05, 4.69) is 5.32 Å². The standard InChI is InChI=1S/C15H23FN2O2/c1-3-18(12-13-7-5-8-14(16)11-13)15(19)17-9-6-10-20-4-2/h5,7-8,11H,3-4,6,9-10,12H2,1-2H3,(H,17,19). The summed E-state index contributed by atoms with van der Waals surface area (Å²) >= 11 is 0. The molecule has 1 aromatic carbocycles. The molecule has 20 heavy (non-hydrogen) atoms. The first-order valence-electron chi connectivity index (χ1n) is 7.02. The molecule has 0 fully saturated rings. The Labute approximate surface area is 119 Å². The SMILES string of the molecule is CCOCCCNC(=O)N(CC)Cc1cccc(F)c1. The maximum atomic E-state index is 13.1. The third-order valence-electron chi connectivity index (χ3n) is 2.88. The number of nitrogens with one attached hydrogen (secondary N) is 1. The molecule has 1 N–H and O–H groups in total. The fraction of sp³-hybridized carbons (Fsp3) is 0.533. The summed E-state index contributed by atoms with van der Waals surface area (Å²) in [6.07, 6.45) is 0.789. The van der Waals surface area contributed by atoms with Crippen LogP contribution in [0.3, 0.4) is 0 Å². The molecule has 0 saturated carbocycles. The number of urea groups is 1. The Hall–Kier alpha value is -1.62. The van der Waals surface area contributed by atoms with Gasteiger partial charge in [-0.25, -0.2) is 9.18 Å². The number of amides is 2. The van der Waals surface area contributed by atoms with Gasteiger partial charge in [-0.2, -0.15) is 0 Å². The fourth-order valence-electron chi connectivity index (χ4n) is 1.81. The van der Waals surface area contributed by atoms with E-state index in [-0.39, 0.29) is 11.8 Å². The topological polar surface area (TPSA) is 41.6 Å². The molecule has 0 spiro atoms. The smallest absolute Gasteiger partial charge is 0.317 e. The van der Waals surface area contributed by atoms with Crippen LogP contribution in [-0.2, 0) is 11.3 Å². The molecule has 1 aromatic rings. The molecular weight excluding hydrogens is 259 g/mol. The molecule has 4 nitrogen and oxygen atoms in total. The minimum absolute atomic E-state index is 0.131. The van der Waals surface area contributed by atoms with Crippen molar-refractivity contribution in [1.82, 2.24) is 10.2 Å². The Kier molecular flexibility index (Phi) is 7.65. The van der Waals surface area contributed by atoms with Crippen LogP contribution in [0.25, 0.3) is 0 Å². The number of benzene rings is 1. The summed E-state index contributed by atoms with van der Waals surface area (Å²) in [7, 11) is 0. The predicted octanol–water partition coefficient (Wildman–Crippen LogP) is 2.78. The van der Waals surface area contributed by atoms with Crippen LogP contribution >= 0.6 is 0 Å². The lowest BCUT2D eigenvalue weighted by Crippen LogP contribution is -2.40. The van der Waals surface area contributed by atoms with Crippen LogP contribution in [-0.4, -0.2) is 37.2 Å². The van der Waals surface area contributed by atoms with Crippen LogP contribution in [0.5, 0.6) is 0 Å². The Bertz CT molecular complexity index is 413. The van der Waals surface area contributed by atoms with E-state index in [4.69, 9.17) is 4.74 Å². The highest BCUT2D eigenvalue weighted by molar-refractivity contribution is 5.74. The quantitative estimate of drug-likeness (QED) is 0.745. The first kappa shape index (κ1) is 16.4. The molecule has 0 unspecified atom stereocenters. The number of ether oxygens (including phenoxy) is 1. The molecule has 0 aromatic heterocycles. The highest BCUT2D eigenvalue weighted by Gasteiger charge is 2.11. The van der Waals surface area contributed by atoms with Gasteiger partial charge in [0, 0.05) is 32.8 Å². The van der Waals surface area contributed by atoms with Gasteiger partial charge in [0.2, 0.25) is 0 Å². The summed E-state index contributed by atoms with van der Waals surface area (Å²) in [5, 5.41) is 2.84. The van der Waals surface area contributed by atoms with Crippen molar-refractivity contribution in [1.29, 1.82) is 0 Å². The minimum atomic E-state index is -0.282. The Balaban J connectivity index is 2.39. The summed E-state index contributed by atoms with van der Waals surface area (Å²) < 4.78 is 18.3. The summed E-state index contributed by atoms with van der Waals surface area (Å²) in [5.41, 5.74) is 0.788. The molecule has 1 rings (SSSR count). The van der Waals surface area contributed by atoms with Crippen LogP contribution in [0.2, 0.25) is 0 Å². The zero-order chi connectivity index (χ0) is 14.8. The zero-order valence-electron chi connectivity index (χ0n) is 12.2. The van der Waals surface area contributed by atoms with E-state index >= 15 is 0 Å². The number of carbonyl (C=O) groups is 1. The third-order valence-corrected chi connectivity index (χ3v) is 2.88. The maximum absolute atomic E-state index is 13.1. The third kappa shape index (κ3) is 6.02. The van der Waals surface area contributed by atoms with E-state index in [1.165, 1.54) is 12.1 Å². The zero-order valence-corrected chi connectivity index (χ0v) is 12.2. The molecule has 0 bridgehead atoms. The van der Waals surface area contributed by atoms with Gasteiger partial charge in [-0.05, 0) is 38.0 Å². The lowest BCUT2D eigenvalue weighted by Gasteiger charge is -2.21. The normalized spacial score (nSPS) is 10.3.